The van der Waals surface area contributed by atoms with Crippen LogP contribution in [0.15, 0.2) is 47.4 Å². The van der Waals surface area contributed by atoms with Gasteiger partial charge in [0.2, 0.25) is 0 Å². The molecule has 1 aliphatic heterocycles. The van der Waals surface area contributed by atoms with Crippen molar-refractivity contribution in [3.8, 4) is 11.5 Å². The summed E-state index contributed by atoms with van der Waals surface area (Å²) < 4.78 is 35.9. The van der Waals surface area contributed by atoms with Gasteiger partial charge < -0.3 is 14.9 Å². The number of hydrogen-bond acceptors (Lipinski definition) is 5. The van der Waals surface area contributed by atoms with Gasteiger partial charge in [0.05, 0.1) is 5.52 Å². The summed E-state index contributed by atoms with van der Waals surface area (Å²) in [6.45, 7) is 0. The molecule has 2 aliphatic rings. The number of aromatic hydroxyl groups is 1. The van der Waals surface area contributed by atoms with Gasteiger partial charge in [-0.2, -0.15) is 0 Å². The lowest BCUT2D eigenvalue weighted by Gasteiger charge is -2.43. The maximum atomic E-state index is 14.5. The van der Waals surface area contributed by atoms with Gasteiger partial charge in [-0.25, -0.2) is 13.6 Å². The number of phenolic OH excluding ortho intramolecular Hbond substituents is 1. The second-order valence-corrected chi connectivity index (χ2v) is 8.09. The molecule has 32 heavy (non-hydrogen) atoms. The topological polar surface area (TPSA) is 105 Å². The first-order valence-electron chi connectivity index (χ1n) is 9.99. The van der Waals surface area contributed by atoms with Crippen LogP contribution in [-0.2, 0) is 4.79 Å². The van der Waals surface area contributed by atoms with Gasteiger partial charge in [0.25, 0.3) is 5.56 Å². The zero-order valence-corrected chi connectivity index (χ0v) is 16.5. The van der Waals surface area contributed by atoms with Crippen LogP contribution in [0, 0.1) is 11.7 Å². The number of carbonyl (C=O) groups excluding carboxylic acids is 1. The van der Waals surface area contributed by atoms with Crippen LogP contribution in [-0.4, -0.2) is 38.6 Å². The summed E-state index contributed by atoms with van der Waals surface area (Å²) in [5.74, 6) is -4.89. The Kier molecular flexibility index (Phi) is 4.51. The van der Waals surface area contributed by atoms with Crippen molar-refractivity contribution in [3.63, 3.8) is 0 Å². The van der Waals surface area contributed by atoms with E-state index in [1.807, 2.05) is 0 Å². The van der Waals surface area contributed by atoms with E-state index < -0.39 is 58.6 Å². The molecule has 2 N–H and O–H groups in total. The molecule has 0 radical (unpaired) electrons. The van der Waals surface area contributed by atoms with Crippen LogP contribution in [0.4, 0.5) is 8.78 Å². The fourth-order valence-corrected chi connectivity index (χ4v) is 4.85. The zero-order valence-electron chi connectivity index (χ0n) is 16.5. The number of rotatable bonds is 2. The van der Waals surface area contributed by atoms with Crippen molar-refractivity contribution in [1.82, 2.24) is 4.40 Å². The minimum atomic E-state index is -1.73. The first-order valence-corrected chi connectivity index (χ1v) is 9.99. The summed E-state index contributed by atoms with van der Waals surface area (Å²) in [4.78, 5) is 36.5. The monoisotopic (exact) mass is 441 g/mol. The molecule has 1 saturated carbocycles. The normalized spacial score (nSPS) is 24.5. The molecule has 0 bridgehead atoms. The number of benzene rings is 1. The number of halogens is 2. The van der Waals surface area contributed by atoms with Crippen molar-refractivity contribution in [3.05, 3.63) is 75.5 Å². The van der Waals surface area contributed by atoms with E-state index in [1.54, 1.807) is 18.2 Å². The lowest BCUT2D eigenvalue weighted by Crippen LogP contribution is -2.46. The van der Waals surface area contributed by atoms with Crippen LogP contribution < -0.4 is 10.3 Å². The lowest BCUT2D eigenvalue weighted by atomic mass is 9.69. The Hall–Kier alpha value is -3.75. The molecule has 4 unspecified atom stereocenters. The third kappa shape index (κ3) is 2.96. The summed E-state index contributed by atoms with van der Waals surface area (Å²) in [7, 11) is 0. The average molecular weight is 441 g/mol. The second kappa shape index (κ2) is 7.15. The number of hydrogen-bond donors (Lipinski definition) is 2. The molecule has 0 spiro atoms. The Morgan fingerprint density at radius 1 is 1.16 bits per heavy atom. The highest BCUT2D eigenvalue weighted by Crippen LogP contribution is 2.50. The second-order valence-electron chi connectivity index (χ2n) is 8.09. The number of aromatic nitrogens is 1. The molecule has 0 amide bonds. The number of nitrogens with zero attached hydrogens (tertiary/aromatic N) is 1. The van der Waals surface area contributed by atoms with E-state index in [0.717, 1.165) is 12.1 Å². The number of ketones is 1. The largest absolute Gasteiger partial charge is 0.505 e. The average Bonchev–Trinajstić information content (AvgIpc) is 2.75. The number of carboxylic acid groups (broad SMARTS) is 1. The molecular weight excluding hydrogens is 424 g/mol. The van der Waals surface area contributed by atoms with Crippen LogP contribution in [0.25, 0.3) is 5.52 Å². The van der Waals surface area contributed by atoms with E-state index in [9.17, 15) is 33.4 Å². The fourth-order valence-electron chi connectivity index (χ4n) is 4.85. The van der Waals surface area contributed by atoms with Crippen LogP contribution >= 0.6 is 0 Å². The number of ether oxygens (including phenoxy) is 1. The van der Waals surface area contributed by atoms with Gasteiger partial charge in [-0.15, -0.1) is 0 Å². The quantitative estimate of drug-likeness (QED) is 0.633. The molecule has 4 atom stereocenters. The van der Waals surface area contributed by atoms with Crippen LogP contribution in [0.3, 0.4) is 0 Å². The van der Waals surface area contributed by atoms with Crippen LogP contribution in [0.5, 0.6) is 11.5 Å². The predicted molar refractivity (Wildman–Crippen MR) is 108 cm³/mol. The van der Waals surface area contributed by atoms with Gasteiger partial charge >= 0.3 is 5.97 Å². The minimum absolute atomic E-state index is 0.123. The lowest BCUT2D eigenvalue weighted by molar-refractivity contribution is -0.131. The molecule has 3 aromatic rings. The van der Waals surface area contributed by atoms with Gasteiger partial charge in [0, 0.05) is 36.1 Å². The number of alkyl halides is 1. The van der Waals surface area contributed by atoms with Crippen molar-refractivity contribution in [2.75, 3.05) is 0 Å². The van der Waals surface area contributed by atoms with Gasteiger partial charge in [-0.05, 0) is 36.2 Å². The highest BCUT2D eigenvalue weighted by atomic mass is 19.1. The molecule has 3 heterocycles. The zero-order chi connectivity index (χ0) is 22.7. The van der Waals surface area contributed by atoms with Gasteiger partial charge in [0.1, 0.15) is 17.4 Å². The van der Waals surface area contributed by atoms with Crippen molar-refractivity contribution >= 4 is 17.3 Å². The number of pyridine rings is 2. The van der Waals surface area contributed by atoms with Gasteiger partial charge in [0.15, 0.2) is 23.5 Å². The van der Waals surface area contributed by atoms with E-state index in [-0.39, 0.29) is 24.2 Å². The fraction of sp³-hybridized carbons (Fsp3) is 0.261. The molecule has 1 fully saturated rings. The summed E-state index contributed by atoms with van der Waals surface area (Å²) >= 11 is 0. The number of carbonyl (C=O) groups is 2. The standard InChI is InChI=1S/C23H17F2NO6/c24-14-6-11-19(8-17(14)27)32-20-9-18(28)15(25)7-12(20)21(11)10-5-13(23(30)31)22(29)26-4-2-1-3-16(10)26/h1-6,8,12,15,20-21,27H,7,9H2,(H,30,31). The smallest absolute Gasteiger partial charge is 0.341 e. The third-order valence-corrected chi connectivity index (χ3v) is 6.30. The molecule has 7 nitrogen and oxygen atoms in total. The molecular formula is C23H17F2NO6. The number of aromatic carboxylic acids is 1. The highest BCUT2D eigenvalue weighted by molar-refractivity contribution is 5.88. The molecule has 0 saturated heterocycles. The van der Waals surface area contributed by atoms with E-state index in [1.165, 1.54) is 16.7 Å². The SMILES string of the molecule is O=C(O)c1cc(C2c3cc(F)c(O)cc3OC3CC(=O)C(F)CC32)c2ccccn2c1=O. The summed E-state index contributed by atoms with van der Waals surface area (Å²) in [5.41, 5.74) is -0.200. The number of carboxylic acids is 1. The maximum absolute atomic E-state index is 14.5. The van der Waals surface area contributed by atoms with Gasteiger partial charge in [-0.1, -0.05) is 6.07 Å². The van der Waals surface area contributed by atoms with E-state index >= 15 is 0 Å². The number of fused-ring (bicyclic) bond motifs is 3. The van der Waals surface area contributed by atoms with Crippen LogP contribution in [0.1, 0.15) is 40.2 Å². The van der Waals surface area contributed by atoms with Crippen molar-refractivity contribution in [2.24, 2.45) is 5.92 Å². The number of Topliss-reactive ketones (excluding diaryl/α,β-unsaturated/α-hetero) is 1. The minimum Gasteiger partial charge on any atom is -0.505 e. The molecule has 2 aromatic heterocycles. The number of phenols is 1. The summed E-state index contributed by atoms with van der Waals surface area (Å²) in [6.07, 6.45) is -1.47. The Balaban J connectivity index is 1.83. The third-order valence-electron chi connectivity index (χ3n) is 6.30. The Bertz CT molecular complexity index is 1350. The van der Waals surface area contributed by atoms with E-state index in [2.05, 4.69) is 0 Å². The predicted octanol–water partition coefficient (Wildman–Crippen LogP) is 3.05. The maximum Gasteiger partial charge on any atom is 0.341 e. The highest BCUT2D eigenvalue weighted by Gasteiger charge is 2.47. The Labute approximate surface area is 179 Å². The molecule has 5 rings (SSSR count). The van der Waals surface area contributed by atoms with Crippen molar-refractivity contribution in [2.45, 2.75) is 31.0 Å². The first-order chi connectivity index (χ1) is 15.3. The molecule has 1 aliphatic carbocycles. The van der Waals surface area contributed by atoms with E-state index in [4.69, 9.17) is 4.74 Å². The van der Waals surface area contributed by atoms with Crippen molar-refractivity contribution < 1.29 is 33.3 Å². The van der Waals surface area contributed by atoms with Gasteiger partial charge in [-0.3, -0.25) is 14.0 Å². The molecule has 164 valence electrons. The first kappa shape index (κ1) is 20.2. The van der Waals surface area contributed by atoms with E-state index in [0.29, 0.717) is 11.1 Å². The molecule has 1 aromatic carbocycles. The Morgan fingerprint density at radius 2 is 1.94 bits per heavy atom. The Morgan fingerprint density at radius 3 is 2.69 bits per heavy atom. The molecule has 9 heteroatoms. The summed E-state index contributed by atoms with van der Waals surface area (Å²) in [6, 6.07) is 8.24. The van der Waals surface area contributed by atoms with Crippen molar-refractivity contribution in [1.29, 1.82) is 0 Å². The summed E-state index contributed by atoms with van der Waals surface area (Å²) in [5, 5.41) is 19.4. The van der Waals surface area contributed by atoms with Crippen LogP contribution in [0.2, 0.25) is 0 Å².